The Morgan fingerprint density at radius 3 is 2.25 bits per heavy atom. The maximum absolute atomic E-state index is 9.56. The van der Waals surface area contributed by atoms with Crippen molar-refractivity contribution in [3.05, 3.63) is 0 Å². The molecule has 0 spiro atoms. The van der Waals surface area contributed by atoms with Crippen LogP contribution in [0.2, 0.25) is 0 Å². The predicted molar refractivity (Wildman–Crippen MR) is 62.4 cm³/mol. The summed E-state index contributed by atoms with van der Waals surface area (Å²) in [5.41, 5.74) is -0.213. The lowest BCUT2D eigenvalue weighted by Crippen LogP contribution is -2.41. The zero-order valence-electron chi connectivity index (χ0n) is 10.8. The molecule has 0 saturated carbocycles. The van der Waals surface area contributed by atoms with Crippen LogP contribution in [-0.2, 0) is 9.47 Å². The highest BCUT2D eigenvalue weighted by molar-refractivity contribution is 4.97. The molecule has 0 radical (unpaired) electrons. The standard InChI is InChI=1S/C13H24O3/c1-9(14)10-5-8-13(4,15-10)11-6-7-12(2,3)16-11/h9-11,14H,5-8H2,1-4H3/t9?,10-,11+,13-/m0/s1. The molecule has 0 bridgehead atoms. The molecule has 4 atom stereocenters. The fourth-order valence-electron chi connectivity index (χ4n) is 2.88. The summed E-state index contributed by atoms with van der Waals surface area (Å²) in [6, 6.07) is 0. The van der Waals surface area contributed by atoms with Crippen LogP contribution in [0.5, 0.6) is 0 Å². The van der Waals surface area contributed by atoms with Crippen molar-refractivity contribution in [1.82, 2.24) is 0 Å². The lowest BCUT2D eigenvalue weighted by atomic mass is 9.92. The van der Waals surface area contributed by atoms with Crippen LogP contribution in [-0.4, -0.2) is 34.6 Å². The van der Waals surface area contributed by atoms with Gasteiger partial charge in [-0.25, -0.2) is 0 Å². The van der Waals surface area contributed by atoms with E-state index in [-0.39, 0.29) is 29.5 Å². The van der Waals surface area contributed by atoms with Gasteiger partial charge < -0.3 is 14.6 Å². The number of aliphatic hydroxyl groups excluding tert-OH is 1. The number of hydrogen-bond donors (Lipinski definition) is 1. The van der Waals surface area contributed by atoms with Gasteiger partial charge in [0.15, 0.2) is 0 Å². The van der Waals surface area contributed by atoms with Crippen LogP contribution in [0.1, 0.15) is 53.4 Å². The predicted octanol–water partition coefficient (Wildman–Crippen LogP) is 2.26. The number of rotatable bonds is 2. The van der Waals surface area contributed by atoms with E-state index in [4.69, 9.17) is 9.47 Å². The minimum atomic E-state index is -0.378. The maximum Gasteiger partial charge on any atom is 0.0921 e. The smallest absolute Gasteiger partial charge is 0.0921 e. The van der Waals surface area contributed by atoms with E-state index in [0.29, 0.717) is 0 Å². The van der Waals surface area contributed by atoms with Crippen molar-refractivity contribution >= 4 is 0 Å². The molecule has 1 unspecified atom stereocenters. The van der Waals surface area contributed by atoms with Gasteiger partial charge in [0, 0.05) is 0 Å². The van der Waals surface area contributed by atoms with Crippen LogP contribution in [0.25, 0.3) is 0 Å². The molecule has 0 amide bonds. The molecule has 0 aromatic carbocycles. The molecule has 1 N–H and O–H groups in total. The fourth-order valence-corrected chi connectivity index (χ4v) is 2.88. The lowest BCUT2D eigenvalue weighted by Gasteiger charge is -2.33. The molecule has 2 rings (SSSR count). The van der Waals surface area contributed by atoms with Crippen LogP contribution in [0.15, 0.2) is 0 Å². The Morgan fingerprint density at radius 2 is 1.81 bits per heavy atom. The molecule has 2 saturated heterocycles. The first-order valence-corrected chi connectivity index (χ1v) is 6.36. The number of ether oxygens (including phenoxy) is 2. The lowest BCUT2D eigenvalue weighted by molar-refractivity contribution is -0.155. The zero-order valence-corrected chi connectivity index (χ0v) is 10.8. The second-order valence-corrected chi connectivity index (χ2v) is 6.15. The first-order chi connectivity index (χ1) is 7.32. The van der Waals surface area contributed by atoms with Gasteiger partial charge in [0.05, 0.1) is 29.5 Å². The first kappa shape index (κ1) is 12.3. The first-order valence-electron chi connectivity index (χ1n) is 6.36. The van der Waals surface area contributed by atoms with Gasteiger partial charge in [-0.3, -0.25) is 0 Å². The van der Waals surface area contributed by atoms with Gasteiger partial charge in [0.2, 0.25) is 0 Å². The molecule has 3 nitrogen and oxygen atoms in total. The summed E-state index contributed by atoms with van der Waals surface area (Å²) in [6.45, 7) is 8.20. The monoisotopic (exact) mass is 228 g/mol. The molecular weight excluding hydrogens is 204 g/mol. The van der Waals surface area contributed by atoms with Crippen molar-refractivity contribution in [2.45, 2.75) is 82.9 Å². The molecule has 2 aliphatic heterocycles. The highest BCUT2D eigenvalue weighted by Gasteiger charge is 2.48. The van der Waals surface area contributed by atoms with Gasteiger partial charge in [-0.05, 0) is 53.4 Å². The van der Waals surface area contributed by atoms with Crippen LogP contribution in [0.3, 0.4) is 0 Å². The van der Waals surface area contributed by atoms with Crippen LogP contribution in [0.4, 0.5) is 0 Å². The van der Waals surface area contributed by atoms with Crippen molar-refractivity contribution in [2.75, 3.05) is 0 Å². The Balaban J connectivity index is 2.00. The Bertz CT molecular complexity index is 262. The Hall–Kier alpha value is -0.120. The Labute approximate surface area is 98.1 Å². The maximum atomic E-state index is 9.56. The average Bonchev–Trinajstić information content (AvgIpc) is 2.70. The van der Waals surface area contributed by atoms with E-state index in [1.807, 2.05) is 0 Å². The van der Waals surface area contributed by atoms with E-state index in [1.54, 1.807) is 6.92 Å². The molecule has 2 fully saturated rings. The van der Waals surface area contributed by atoms with E-state index in [1.165, 1.54) is 0 Å². The third-order valence-corrected chi connectivity index (χ3v) is 4.03. The second kappa shape index (κ2) is 3.97. The minimum absolute atomic E-state index is 0.0139. The highest BCUT2D eigenvalue weighted by Crippen LogP contribution is 2.43. The second-order valence-electron chi connectivity index (χ2n) is 6.15. The van der Waals surface area contributed by atoms with Gasteiger partial charge in [-0.15, -0.1) is 0 Å². The molecule has 3 heteroatoms. The summed E-state index contributed by atoms with van der Waals surface area (Å²) in [7, 11) is 0. The third-order valence-electron chi connectivity index (χ3n) is 4.03. The van der Waals surface area contributed by atoms with E-state index >= 15 is 0 Å². The van der Waals surface area contributed by atoms with E-state index < -0.39 is 0 Å². The summed E-state index contributed by atoms with van der Waals surface area (Å²) >= 11 is 0. The number of hydrogen-bond acceptors (Lipinski definition) is 3. The highest BCUT2D eigenvalue weighted by atomic mass is 16.6. The fraction of sp³-hybridized carbons (Fsp3) is 1.00. The average molecular weight is 228 g/mol. The summed E-state index contributed by atoms with van der Waals surface area (Å²) in [4.78, 5) is 0. The van der Waals surface area contributed by atoms with Crippen molar-refractivity contribution in [1.29, 1.82) is 0 Å². The molecule has 16 heavy (non-hydrogen) atoms. The molecule has 94 valence electrons. The topological polar surface area (TPSA) is 38.7 Å². The molecule has 2 aliphatic rings. The summed E-state index contributed by atoms with van der Waals surface area (Å²) in [6.07, 6.45) is 3.88. The van der Waals surface area contributed by atoms with Crippen molar-refractivity contribution in [3.63, 3.8) is 0 Å². The Kier molecular flexibility index (Phi) is 3.06. The van der Waals surface area contributed by atoms with Gasteiger partial charge in [-0.2, -0.15) is 0 Å². The molecule has 0 aliphatic carbocycles. The van der Waals surface area contributed by atoms with Gasteiger partial charge in [-0.1, -0.05) is 0 Å². The molecule has 0 aromatic rings. The third kappa shape index (κ3) is 2.27. The van der Waals surface area contributed by atoms with Crippen LogP contribution in [0, 0.1) is 0 Å². The van der Waals surface area contributed by atoms with E-state index in [9.17, 15) is 5.11 Å². The molecule has 0 aromatic heterocycles. The van der Waals surface area contributed by atoms with Gasteiger partial charge >= 0.3 is 0 Å². The molecule has 2 heterocycles. The van der Waals surface area contributed by atoms with Gasteiger partial charge in [0.1, 0.15) is 0 Å². The van der Waals surface area contributed by atoms with Crippen LogP contribution >= 0.6 is 0 Å². The van der Waals surface area contributed by atoms with Crippen molar-refractivity contribution < 1.29 is 14.6 Å². The van der Waals surface area contributed by atoms with E-state index in [0.717, 1.165) is 25.7 Å². The normalized spacial score (nSPS) is 44.8. The number of aliphatic hydroxyl groups is 1. The zero-order chi connectivity index (χ0) is 12.0. The van der Waals surface area contributed by atoms with Crippen molar-refractivity contribution in [3.8, 4) is 0 Å². The molecular formula is C13H24O3. The van der Waals surface area contributed by atoms with E-state index in [2.05, 4.69) is 20.8 Å². The quantitative estimate of drug-likeness (QED) is 0.788. The van der Waals surface area contributed by atoms with Crippen LogP contribution < -0.4 is 0 Å². The van der Waals surface area contributed by atoms with Gasteiger partial charge in [0.25, 0.3) is 0 Å². The minimum Gasteiger partial charge on any atom is -0.391 e. The summed E-state index contributed by atoms with van der Waals surface area (Å²) in [5, 5.41) is 9.56. The summed E-state index contributed by atoms with van der Waals surface area (Å²) < 4.78 is 12.1. The SMILES string of the molecule is CC(O)[C@@H]1CC[C@@](C)([C@H]2CCC(C)(C)O2)O1. The largest absolute Gasteiger partial charge is 0.391 e. The summed E-state index contributed by atoms with van der Waals surface area (Å²) in [5.74, 6) is 0. The Morgan fingerprint density at radius 1 is 1.12 bits per heavy atom. The van der Waals surface area contributed by atoms with Crippen molar-refractivity contribution in [2.24, 2.45) is 0 Å².